The van der Waals surface area contributed by atoms with E-state index in [0.717, 1.165) is 38.5 Å². The summed E-state index contributed by atoms with van der Waals surface area (Å²) >= 11 is 0. The average Bonchev–Trinajstić information content (AvgIpc) is 2.50. The molecule has 0 aromatic rings. The molecule has 2 saturated carbocycles. The van der Waals surface area contributed by atoms with Crippen LogP contribution in [-0.4, -0.2) is 16.5 Å². The summed E-state index contributed by atoms with van der Waals surface area (Å²) in [7, 11) is 0. The second-order valence-corrected chi connectivity index (χ2v) is 6.47. The van der Waals surface area contributed by atoms with E-state index in [4.69, 9.17) is 0 Å². The second kappa shape index (κ2) is 3.83. The molecule has 2 heteroatoms. The summed E-state index contributed by atoms with van der Waals surface area (Å²) in [5.74, 6) is 1.62. The van der Waals surface area contributed by atoms with Gasteiger partial charge in [0.2, 0.25) is 0 Å². The van der Waals surface area contributed by atoms with E-state index in [1.165, 1.54) is 0 Å². The molecule has 0 unspecified atom stereocenters. The smallest absolute Gasteiger partial charge is 0.139 e. The van der Waals surface area contributed by atoms with Crippen LogP contribution in [0.2, 0.25) is 0 Å². The van der Waals surface area contributed by atoms with E-state index in [-0.39, 0.29) is 5.41 Å². The number of carbonyl (C=O) groups excluding carboxylic acids is 1. The summed E-state index contributed by atoms with van der Waals surface area (Å²) in [6.07, 6.45) is 5.23. The van der Waals surface area contributed by atoms with Crippen LogP contribution in [0.3, 0.4) is 0 Å². The van der Waals surface area contributed by atoms with Crippen LogP contribution < -0.4 is 0 Å². The van der Waals surface area contributed by atoms with Crippen LogP contribution in [-0.2, 0) is 4.79 Å². The summed E-state index contributed by atoms with van der Waals surface area (Å²) in [5.41, 5.74) is -0.605. The number of hydrogen-bond acceptors (Lipinski definition) is 2. The third-order valence-electron chi connectivity index (χ3n) is 4.97. The number of Topliss-reactive ketones (excluding diaryl/α,β-unsaturated/α-hetero) is 1. The molecule has 1 spiro atoms. The van der Waals surface area contributed by atoms with Gasteiger partial charge >= 0.3 is 0 Å². The molecule has 0 heterocycles. The first-order chi connectivity index (χ1) is 7.37. The summed E-state index contributed by atoms with van der Waals surface area (Å²) < 4.78 is 0. The summed E-state index contributed by atoms with van der Waals surface area (Å²) in [6.45, 7) is 6.37. The molecule has 0 aliphatic heterocycles. The van der Waals surface area contributed by atoms with Crippen molar-refractivity contribution in [1.29, 1.82) is 0 Å². The zero-order valence-electron chi connectivity index (χ0n) is 10.8. The molecule has 2 nitrogen and oxygen atoms in total. The third kappa shape index (κ3) is 1.81. The Morgan fingerprint density at radius 3 is 2.31 bits per heavy atom. The van der Waals surface area contributed by atoms with Crippen molar-refractivity contribution < 1.29 is 9.90 Å². The van der Waals surface area contributed by atoms with Crippen LogP contribution in [0.4, 0.5) is 0 Å². The Bertz CT molecular complexity index is 281. The molecule has 0 saturated heterocycles. The number of ketones is 1. The highest BCUT2D eigenvalue weighted by Crippen LogP contribution is 2.54. The molecule has 2 fully saturated rings. The van der Waals surface area contributed by atoms with Crippen molar-refractivity contribution in [3.8, 4) is 0 Å². The Morgan fingerprint density at radius 1 is 1.25 bits per heavy atom. The van der Waals surface area contributed by atoms with Crippen molar-refractivity contribution in [2.75, 3.05) is 0 Å². The van der Waals surface area contributed by atoms with Gasteiger partial charge in [0, 0.05) is 11.8 Å². The van der Waals surface area contributed by atoms with Crippen LogP contribution >= 0.6 is 0 Å². The minimum Gasteiger partial charge on any atom is -0.390 e. The fourth-order valence-corrected chi connectivity index (χ4v) is 3.87. The predicted molar refractivity (Wildman–Crippen MR) is 64.1 cm³/mol. The monoisotopic (exact) mass is 224 g/mol. The van der Waals surface area contributed by atoms with E-state index in [1.54, 1.807) is 0 Å². The first-order valence-electron chi connectivity index (χ1n) is 6.63. The molecule has 0 bridgehead atoms. The first kappa shape index (κ1) is 12.1. The fraction of sp³-hybridized carbons (Fsp3) is 0.929. The maximum atomic E-state index is 12.2. The SMILES string of the molecule is CC(C)[C@@H]1CCC(=O)C12CCC(C)(O)CC2. The highest BCUT2D eigenvalue weighted by atomic mass is 16.3. The van der Waals surface area contributed by atoms with Crippen LogP contribution in [0.25, 0.3) is 0 Å². The van der Waals surface area contributed by atoms with E-state index in [2.05, 4.69) is 13.8 Å². The van der Waals surface area contributed by atoms with E-state index >= 15 is 0 Å². The van der Waals surface area contributed by atoms with Crippen LogP contribution in [0.1, 0.15) is 59.3 Å². The van der Waals surface area contributed by atoms with Gasteiger partial charge in [-0.3, -0.25) is 4.79 Å². The molecule has 2 rings (SSSR count). The zero-order valence-corrected chi connectivity index (χ0v) is 10.8. The van der Waals surface area contributed by atoms with Gasteiger partial charge in [-0.1, -0.05) is 13.8 Å². The van der Waals surface area contributed by atoms with Gasteiger partial charge in [-0.2, -0.15) is 0 Å². The number of carbonyl (C=O) groups is 1. The van der Waals surface area contributed by atoms with Gasteiger partial charge in [0.05, 0.1) is 5.60 Å². The van der Waals surface area contributed by atoms with Crippen molar-refractivity contribution in [1.82, 2.24) is 0 Å². The molecule has 92 valence electrons. The standard InChI is InChI=1S/C14H24O2/c1-10(2)11-4-5-12(15)14(11)8-6-13(3,16)7-9-14/h10-11,16H,4-9H2,1-3H3/t11-,13?,14?/m0/s1. The minimum atomic E-state index is -0.532. The second-order valence-electron chi connectivity index (χ2n) is 6.47. The van der Waals surface area contributed by atoms with Gasteiger partial charge < -0.3 is 5.11 Å². The Morgan fingerprint density at radius 2 is 1.81 bits per heavy atom. The Labute approximate surface area is 98.4 Å². The molecule has 1 atom stereocenters. The first-order valence-corrected chi connectivity index (χ1v) is 6.63. The van der Waals surface area contributed by atoms with Gasteiger partial charge in [0.25, 0.3) is 0 Å². The van der Waals surface area contributed by atoms with Crippen LogP contribution in [0.5, 0.6) is 0 Å². The quantitative estimate of drug-likeness (QED) is 0.743. The average molecular weight is 224 g/mol. The molecular formula is C14H24O2. The lowest BCUT2D eigenvalue weighted by Crippen LogP contribution is -2.43. The predicted octanol–water partition coefficient (Wildman–Crippen LogP) is 2.93. The van der Waals surface area contributed by atoms with Crippen LogP contribution in [0, 0.1) is 17.3 Å². The van der Waals surface area contributed by atoms with Crippen LogP contribution in [0.15, 0.2) is 0 Å². The Hall–Kier alpha value is -0.370. The molecular weight excluding hydrogens is 200 g/mol. The highest BCUT2D eigenvalue weighted by Gasteiger charge is 2.53. The maximum Gasteiger partial charge on any atom is 0.139 e. The largest absolute Gasteiger partial charge is 0.390 e. The molecule has 2 aliphatic carbocycles. The van der Waals surface area contributed by atoms with Gasteiger partial charge in [0.1, 0.15) is 5.78 Å². The van der Waals surface area contributed by atoms with E-state index < -0.39 is 5.60 Å². The van der Waals surface area contributed by atoms with Crippen molar-refractivity contribution in [3.05, 3.63) is 0 Å². The lowest BCUT2D eigenvalue weighted by molar-refractivity contribution is -0.133. The molecule has 0 amide bonds. The van der Waals surface area contributed by atoms with E-state index in [1.807, 2.05) is 6.92 Å². The normalized spacial score (nSPS) is 44.6. The Kier molecular flexibility index (Phi) is 2.90. The molecule has 2 aliphatic rings. The molecule has 0 radical (unpaired) electrons. The van der Waals surface area contributed by atoms with E-state index in [9.17, 15) is 9.90 Å². The maximum absolute atomic E-state index is 12.2. The van der Waals surface area contributed by atoms with Gasteiger partial charge in [0.15, 0.2) is 0 Å². The van der Waals surface area contributed by atoms with E-state index in [0.29, 0.717) is 17.6 Å². The minimum absolute atomic E-state index is 0.0730. The number of rotatable bonds is 1. The Balaban J connectivity index is 2.19. The lowest BCUT2D eigenvalue weighted by Gasteiger charge is -2.44. The lowest BCUT2D eigenvalue weighted by atomic mass is 9.61. The summed E-state index contributed by atoms with van der Waals surface area (Å²) in [4.78, 5) is 12.2. The van der Waals surface area contributed by atoms with Crippen molar-refractivity contribution in [3.63, 3.8) is 0 Å². The summed E-state index contributed by atoms with van der Waals surface area (Å²) in [6, 6.07) is 0. The van der Waals surface area contributed by atoms with Gasteiger partial charge in [-0.05, 0) is 50.9 Å². The zero-order chi connectivity index (χ0) is 12.0. The van der Waals surface area contributed by atoms with Crippen molar-refractivity contribution in [2.24, 2.45) is 17.3 Å². The molecule has 1 N–H and O–H groups in total. The molecule has 16 heavy (non-hydrogen) atoms. The van der Waals surface area contributed by atoms with Crippen molar-refractivity contribution in [2.45, 2.75) is 64.9 Å². The van der Waals surface area contributed by atoms with Gasteiger partial charge in [-0.25, -0.2) is 0 Å². The number of aliphatic hydroxyl groups is 1. The topological polar surface area (TPSA) is 37.3 Å². The third-order valence-corrected chi connectivity index (χ3v) is 4.97. The molecule has 0 aromatic heterocycles. The highest BCUT2D eigenvalue weighted by molar-refractivity contribution is 5.87. The summed E-state index contributed by atoms with van der Waals surface area (Å²) in [5, 5.41) is 10.0. The van der Waals surface area contributed by atoms with Gasteiger partial charge in [-0.15, -0.1) is 0 Å². The van der Waals surface area contributed by atoms with Crippen molar-refractivity contribution >= 4 is 5.78 Å². The molecule has 0 aromatic carbocycles. The number of hydrogen-bond donors (Lipinski definition) is 1. The fourth-order valence-electron chi connectivity index (χ4n) is 3.87.